The van der Waals surface area contributed by atoms with Crippen molar-refractivity contribution < 1.29 is 31.4 Å². The van der Waals surface area contributed by atoms with Crippen LogP contribution < -0.4 is 0 Å². The second kappa shape index (κ2) is 11.1. The number of aliphatic hydroxyl groups excluding tert-OH is 1. The maximum absolute atomic E-state index is 13.5. The summed E-state index contributed by atoms with van der Waals surface area (Å²) in [5.41, 5.74) is -1.49. The number of aromatic nitrogens is 1. The summed E-state index contributed by atoms with van der Waals surface area (Å²) in [6.07, 6.45) is -5.21. The number of rotatable bonds is 7. The van der Waals surface area contributed by atoms with Crippen molar-refractivity contribution in [1.29, 1.82) is 0 Å². The number of pyridine rings is 1. The lowest BCUT2D eigenvalue weighted by molar-refractivity contribution is -0.143. The number of hydrogen-bond acceptors (Lipinski definition) is 3. The van der Waals surface area contributed by atoms with Gasteiger partial charge >= 0.3 is 12.4 Å². The molecule has 3 aromatic rings. The first-order chi connectivity index (χ1) is 17.9. The number of para-hydroxylation sites is 1. The molecule has 1 aliphatic rings. The van der Waals surface area contributed by atoms with Crippen LogP contribution in [0, 0.1) is 11.8 Å². The van der Waals surface area contributed by atoms with E-state index in [1.165, 1.54) is 0 Å². The lowest BCUT2D eigenvalue weighted by Crippen LogP contribution is -2.49. The van der Waals surface area contributed by atoms with Gasteiger partial charge in [-0.15, -0.1) is 6.58 Å². The van der Waals surface area contributed by atoms with Gasteiger partial charge in [0.05, 0.1) is 22.7 Å². The van der Waals surface area contributed by atoms with Gasteiger partial charge in [0, 0.05) is 30.7 Å². The fourth-order valence-corrected chi connectivity index (χ4v) is 5.60. The molecule has 204 valence electrons. The molecule has 1 saturated heterocycles. The molecule has 0 saturated carbocycles. The fraction of sp³-hybridized carbons (Fsp3) is 0.414. The van der Waals surface area contributed by atoms with Gasteiger partial charge in [0.25, 0.3) is 0 Å². The predicted molar refractivity (Wildman–Crippen MR) is 134 cm³/mol. The Morgan fingerprint density at radius 2 is 1.71 bits per heavy atom. The van der Waals surface area contributed by atoms with E-state index in [1.54, 1.807) is 23.2 Å². The SMILES string of the molecule is C=CC1CN(Cc2cc(C(F)(F)F)cc(C(F)(F)F)c2)C([C@H](O)c2ccnc3ccccc23)CC1CCC. The predicted octanol–water partition coefficient (Wildman–Crippen LogP) is 7.80. The molecule has 4 rings (SSSR count). The van der Waals surface area contributed by atoms with Gasteiger partial charge in [-0.05, 0) is 59.7 Å². The van der Waals surface area contributed by atoms with Crippen molar-refractivity contribution >= 4 is 10.9 Å². The van der Waals surface area contributed by atoms with Gasteiger partial charge in [-0.3, -0.25) is 9.88 Å². The van der Waals surface area contributed by atoms with E-state index in [1.807, 2.05) is 24.3 Å². The first-order valence-electron chi connectivity index (χ1n) is 12.6. The third kappa shape index (κ3) is 6.04. The van der Waals surface area contributed by atoms with Crippen molar-refractivity contribution in [3.63, 3.8) is 0 Å². The molecule has 38 heavy (non-hydrogen) atoms. The van der Waals surface area contributed by atoms with E-state index in [4.69, 9.17) is 0 Å². The summed E-state index contributed by atoms with van der Waals surface area (Å²) in [4.78, 5) is 6.14. The Morgan fingerprint density at radius 3 is 2.32 bits per heavy atom. The van der Waals surface area contributed by atoms with Gasteiger partial charge in [0.1, 0.15) is 0 Å². The van der Waals surface area contributed by atoms with Crippen LogP contribution in [0.5, 0.6) is 0 Å². The van der Waals surface area contributed by atoms with Gasteiger partial charge < -0.3 is 5.11 Å². The van der Waals surface area contributed by atoms with E-state index in [-0.39, 0.29) is 30.0 Å². The zero-order chi connectivity index (χ0) is 27.7. The summed E-state index contributed by atoms with van der Waals surface area (Å²) in [5.74, 6) is 0.161. The Labute approximate surface area is 217 Å². The molecule has 9 heteroatoms. The summed E-state index contributed by atoms with van der Waals surface area (Å²) in [5, 5.41) is 12.4. The van der Waals surface area contributed by atoms with Crippen LogP contribution >= 0.6 is 0 Å². The lowest BCUT2D eigenvalue weighted by Gasteiger charge is -2.45. The average molecular weight is 537 g/mol. The third-order valence-electron chi connectivity index (χ3n) is 7.43. The quantitative estimate of drug-likeness (QED) is 0.247. The Kier molecular flexibility index (Phi) is 8.18. The van der Waals surface area contributed by atoms with Gasteiger partial charge in [-0.1, -0.05) is 44.0 Å². The lowest BCUT2D eigenvalue weighted by atomic mass is 9.76. The topological polar surface area (TPSA) is 36.4 Å². The molecular weight excluding hydrogens is 506 g/mol. The zero-order valence-electron chi connectivity index (χ0n) is 20.9. The van der Waals surface area contributed by atoms with E-state index in [9.17, 15) is 31.4 Å². The highest BCUT2D eigenvalue weighted by atomic mass is 19.4. The van der Waals surface area contributed by atoms with Crippen molar-refractivity contribution in [2.75, 3.05) is 6.54 Å². The molecule has 3 nitrogen and oxygen atoms in total. The molecule has 4 atom stereocenters. The largest absolute Gasteiger partial charge is 0.416 e. The number of aliphatic hydroxyl groups is 1. The molecule has 1 aromatic heterocycles. The molecule has 1 aliphatic heterocycles. The van der Waals surface area contributed by atoms with Gasteiger partial charge in [-0.2, -0.15) is 26.3 Å². The average Bonchev–Trinajstić information content (AvgIpc) is 2.87. The maximum atomic E-state index is 13.5. The summed E-state index contributed by atoms with van der Waals surface area (Å²) in [6.45, 7) is 6.15. The second-order valence-corrected chi connectivity index (χ2v) is 9.96. The first kappa shape index (κ1) is 28.1. The normalized spacial score (nSPS) is 21.9. The van der Waals surface area contributed by atoms with E-state index in [0.29, 0.717) is 24.0 Å². The van der Waals surface area contributed by atoms with Crippen molar-refractivity contribution in [2.45, 2.75) is 57.2 Å². The summed E-state index contributed by atoms with van der Waals surface area (Å²) in [6, 6.07) is 10.2. The van der Waals surface area contributed by atoms with Crippen molar-refractivity contribution in [3.8, 4) is 0 Å². The standard InChI is InChI=1S/C29H30F6N2O/c1-3-7-20-14-26(27(38)24-10-11-36-25-9-6-5-8-23(24)25)37(17-19(20)4-2)16-18-12-21(28(30,31)32)15-22(13-18)29(33,34)35/h4-6,8-13,15,19-20,26-27,38H,2-3,7,14,16-17H2,1H3/t19?,20?,26?,27-/m1/s1. The van der Waals surface area contributed by atoms with Crippen LogP contribution in [0.3, 0.4) is 0 Å². The van der Waals surface area contributed by atoms with Crippen LogP contribution in [0.4, 0.5) is 26.3 Å². The molecule has 2 heterocycles. The molecule has 1 N–H and O–H groups in total. The van der Waals surface area contributed by atoms with Crippen LogP contribution in [0.25, 0.3) is 10.9 Å². The number of fused-ring (bicyclic) bond motifs is 1. The molecule has 1 fully saturated rings. The van der Waals surface area contributed by atoms with Crippen LogP contribution in [-0.4, -0.2) is 27.6 Å². The number of likely N-dealkylation sites (tertiary alicyclic amines) is 1. The van der Waals surface area contributed by atoms with Gasteiger partial charge in [-0.25, -0.2) is 0 Å². The Morgan fingerprint density at radius 1 is 1.05 bits per heavy atom. The number of benzene rings is 2. The van der Waals surface area contributed by atoms with Gasteiger partial charge in [0.15, 0.2) is 0 Å². The first-order valence-corrected chi connectivity index (χ1v) is 12.6. The van der Waals surface area contributed by atoms with E-state index in [2.05, 4.69) is 18.5 Å². The molecule has 0 bridgehead atoms. The summed E-state index contributed by atoms with van der Waals surface area (Å²) in [7, 11) is 0. The summed E-state index contributed by atoms with van der Waals surface area (Å²) >= 11 is 0. The molecule has 2 aromatic carbocycles. The maximum Gasteiger partial charge on any atom is 0.416 e. The molecule has 0 radical (unpaired) electrons. The highest BCUT2D eigenvalue weighted by Crippen LogP contribution is 2.41. The fourth-order valence-electron chi connectivity index (χ4n) is 5.60. The van der Waals surface area contributed by atoms with Crippen LogP contribution in [0.2, 0.25) is 0 Å². The van der Waals surface area contributed by atoms with E-state index < -0.39 is 35.6 Å². The van der Waals surface area contributed by atoms with Crippen LogP contribution in [-0.2, 0) is 18.9 Å². The molecule has 0 amide bonds. The van der Waals surface area contributed by atoms with Gasteiger partial charge in [0.2, 0.25) is 0 Å². The minimum atomic E-state index is -4.93. The third-order valence-corrected chi connectivity index (χ3v) is 7.43. The van der Waals surface area contributed by atoms with E-state index >= 15 is 0 Å². The number of hydrogen-bond donors (Lipinski definition) is 1. The Hall–Kier alpha value is -2.91. The molecule has 0 spiro atoms. The van der Waals surface area contributed by atoms with Crippen LogP contribution in [0.1, 0.15) is 54.5 Å². The van der Waals surface area contributed by atoms with Crippen molar-refractivity contribution in [1.82, 2.24) is 9.88 Å². The number of alkyl halides is 6. The minimum Gasteiger partial charge on any atom is -0.387 e. The van der Waals surface area contributed by atoms with E-state index in [0.717, 1.165) is 30.4 Å². The van der Waals surface area contributed by atoms with Crippen LogP contribution in [0.15, 0.2) is 67.4 Å². The monoisotopic (exact) mass is 536 g/mol. The minimum absolute atomic E-state index is 0.0135. The molecular formula is C29H30F6N2O. The number of piperidine rings is 1. The van der Waals surface area contributed by atoms with Crippen molar-refractivity contribution in [3.05, 3.63) is 89.6 Å². The second-order valence-electron chi connectivity index (χ2n) is 9.96. The summed E-state index contributed by atoms with van der Waals surface area (Å²) < 4.78 is 81.0. The molecule has 3 unspecified atom stereocenters. The number of nitrogens with zero attached hydrogens (tertiary/aromatic N) is 2. The van der Waals surface area contributed by atoms with Crippen molar-refractivity contribution in [2.24, 2.45) is 11.8 Å². The smallest absolute Gasteiger partial charge is 0.387 e. The highest BCUT2D eigenvalue weighted by Gasteiger charge is 2.40. The Balaban J connectivity index is 1.76. The Bertz CT molecular complexity index is 1230. The highest BCUT2D eigenvalue weighted by molar-refractivity contribution is 5.82. The zero-order valence-corrected chi connectivity index (χ0v) is 20.9. The molecule has 0 aliphatic carbocycles. The number of halogens is 6.